The highest BCUT2D eigenvalue weighted by molar-refractivity contribution is 5.72. The number of anilines is 1. The third kappa shape index (κ3) is 3.78. The molecule has 7 nitrogen and oxygen atoms in total. The van der Waals surface area contributed by atoms with Crippen LogP contribution in [-0.2, 0) is 9.53 Å². The van der Waals surface area contributed by atoms with Gasteiger partial charge in [0.1, 0.15) is 0 Å². The first-order valence-corrected chi connectivity index (χ1v) is 6.27. The lowest BCUT2D eigenvalue weighted by atomic mass is 10.2. The van der Waals surface area contributed by atoms with Crippen LogP contribution in [0.4, 0.5) is 5.95 Å². The third-order valence-corrected chi connectivity index (χ3v) is 2.79. The highest BCUT2D eigenvalue weighted by Gasteiger charge is 2.30. The lowest BCUT2D eigenvalue weighted by Gasteiger charge is -2.12. The van der Waals surface area contributed by atoms with Crippen molar-refractivity contribution in [3.8, 4) is 5.88 Å². The number of carboxylic acid groups (broad SMARTS) is 1. The maximum Gasteiger partial charge on any atom is 0.332 e. The van der Waals surface area contributed by atoms with Gasteiger partial charge in [-0.25, -0.2) is 9.78 Å². The molecular formula is C12H17N3O4. The highest BCUT2D eigenvalue weighted by atomic mass is 16.5. The van der Waals surface area contributed by atoms with Crippen molar-refractivity contribution in [1.82, 2.24) is 9.97 Å². The zero-order chi connectivity index (χ0) is 13.7. The second-order valence-electron chi connectivity index (χ2n) is 4.19. The van der Waals surface area contributed by atoms with Gasteiger partial charge in [0.05, 0.1) is 12.7 Å². The normalized spacial score (nSPS) is 22.2. The maximum absolute atomic E-state index is 10.8. The molecule has 1 aromatic rings. The van der Waals surface area contributed by atoms with E-state index < -0.39 is 12.1 Å². The number of carbonyl (C=O) groups is 1. The summed E-state index contributed by atoms with van der Waals surface area (Å²) in [5.74, 6) is 0.0566. The van der Waals surface area contributed by atoms with Crippen molar-refractivity contribution in [2.45, 2.75) is 32.0 Å². The number of ether oxygens (including phenoxy) is 2. The van der Waals surface area contributed by atoms with Crippen molar-refractivity contribution in [2.24, 2.45) is 0 Å². The summed E-state index contributed by atoms with van der Waals surface area (Å²) in [5, 5.41) is 11.8. The van der Waals surface area contributed by atoms with Gasteiger partial charge in [0, 0.05) is 18.8 Å². The van der Waals surface area contributed by atoms with Gasteiger partial charge in [-0.1, -0.05) is 0 Å². The van der Waals surface area contributed by atoms with Crippen molar-refractivity contribution in [1.29, 1.82) is 0 Å². The van der Waals surface area contributed by atoms with Crippen molar-refractivity contribution in [3.05, 3.63) is 12.3 Å². The molecule has 2 rings (SSSR count). The van der Waals surface area contributed by atoms with E-state index in [-0.39, 0.29) is 6.10 Å². The molecule has 19 heavy (non-hydrogen) atoms. The van der Waals surface area contributed by atoms with Crippen molar-refractivity contribution < 1.29 is 19.4 Å². The van der Waals surface area contributed by atoms with E-state index in [9.17, 15) is 4.79 Å². The Morgan fingerprint density at radius 2 is 2.47 bits per heavy atom. The molecular weight excluding hydrogens is 250 g/mol. The Morgan fingerprint density at radius 1 is 1.63 bits per heavy atom. The number of aromatic nitrogens is 2. The topological polar surface area (TPSA) is 93.6 Å². The van der Waals surface area contributed by atoms with Crippen LogP contribution < -0.4 is 10.1 Å². The van der Waals surface area contributed by atoms with E-state index in [1.807, 2.05) is 6.92 Å². The molecule has 1 aliphatic rings. The SMILES string of the molecule is CCOc1ccnc(NCC2CCC(C(=O)O)O2)n1. The van der Waals surface area contributed by atoms with Crippen LogP contribution in [0.2, 0.25) is 0 Å². The van der Waals surface area contributed by atoms with E-state index in [0.717, 1.165) is 6.42 Å². The molecule has 0 bridgehead atoms. The minimum Gasteiger partial charge on any atom is -0.479 e. The first-order chi connectivity index (χ1) is 9.19. The zero-order valence-electron chi connectivity index (χ0n) is 10.7. The number of rotatable bonds is 6. The number of aliphatic carboxylic acids is 1. The first kappa shape index (κ1) is 13.5. The largest absolute Gasteiger partial charge is 0.479 e. The molecule has 1 fully saturated rings. The summed E-state index contributed by atoms with van der Waals surface area (Å²) in [5.41, 5.74) is 0. The molecule has 0 amide bonds. The highest BCUT2D eigenvalue weighted by Crippen LogP contribution is 2.20. The second-order valence-corrected chi connectivity index (χ2v) is 4.19. The van der Waals surface area contributed by atoms with Crippen LogP contribution in [-0.4, -0.2) is 46.4 Å². The standard InChI is InChI=1S/C12H17N3O4/c1-2-18-10-5-6-13-12(15-10)14-7-8-3-4-9(19-8)11(16)17/h5-6,8-9H,2-4,7H2,1H3,(H,16,17)(H,13,14,15). The van der Waals surface area contributed by atoms with Crippen molar-refractivity contribution in [3.63, 3.8) is 0 Å². The molecule has 0 aliphatic carbocycles. The van der Waals surface area contributed by atoms with E-state index in [2.05, 4.69) is 15.3 Å². The summed E-state index contributed by atoms with van der Waals surface area (Å²) >= 11 is 0. The molecule has 0 radical (unpaired) electrons. The smallest absolute Gasteiger partial charge is 0.332 e. The summed E-state index contributed by atoms with van der Waals surface area (Å²) in [6, 6.07) is 1.68. The third-order valence-electron chi connectivity index (χ3n) is 2.79. The summed E-state index contributed by atoms with van der Waals surface area (Å²) in [7, 11) is 0. The molecule has 2 atom stereocenters. The Labute approximate surface area is 111 Å². The summed E-state index contributed by atoms with van der Waals surface area (Å²) < 4.78 is 10.6. The van der Waals surface area contributed by atoms with E-state index >= 15 is 0 Å². The van der Waals surface area contributed by atoms with Crippen molar-refractivity contribution >= 4 is 11.9 Å². The van der Waals surface area contributed by atoms with Gasteiger partial charge >= 0.3 is 5.97 Å². The van der Waals surface area contributed by atoms with Crippen molar-refractivity contribution in [2.75, 3.05) is 18.5 Å². The number of carboxylic acids is 1. The van der Waals surface area contributed by atoms with E-state index in [0.29, 0.717) is 31.4 Å². The van der Waals surface area contributed by atoms with Gasteiger partial charge in [0.15, 0.2) is 6.10 Å². The summed E-state index contributed by atoms with van der Waals surface area (Å²) in [4.78, 5) is 19.0. The fourth-order valence-corrected chi connectivity index (χ4v) is 1.90. The van der Waals surface area contributed by atoms with Crippen LogP contribution in [0, 0.1) is 0 Å². The predicted molar refractivity (Wildman–Crippen MR) is 67.2 cm³/mol. The molecule has 2 N–H and O–H groups in total. The molecule has 2 unspecified atom stereocenters. The minimum atomic E-state index is -0.905. The monoisotopic (exact) mass is 267 g/mol. The van der Waals surface area contributed by atoms with Crippen LogP contribution in [0.1, 0.15) is 19.8 Å². The molecule has 1 aliphatic heterocycles. The summed E-state index contributed by atoms with van der Waals surface area (Å²) in [6.45, 7) is 2.91. The van der Waals surface area contributed by atoms with Gasteiger partial charge < -0.3 is 19.9 Å². The minimum absolute atomic E-state index is 0.125. The molecule has 0 saturated carbocycles. The van der Waals surface area contributed by atoms with Crippen LogP contribution in [0.5, 0.6) is 5.88 Å². The van der Waals surface area contributed by atoms with E-state index in [4.69, 9.17) is 14.6 Å². The fraction of sp³-hybridized carbons (Fsp3) is 0.583. The molecule has 0 aromatic carbocycles. The van der Waals surface area contributed by atoms with Gasteiger partial charge in [0.25, 0.3) is 0 Å². The van der Waals surface area contributed by atoms with Gasteiger partial charge in [0.2, 0.25) is 11.8 Å². The second kappa shape index (κ2) is 6.33. The van der Waals surface area contributed by atoms with Crippen LogP contribution in [0.15, 0.2) is 12.3 Å². The number of nitrogens with one attached hydrogen (secondary N) is 1. The Balaban J connectivity index is 1.82. The summed E-state index contributed by atoms with van der Waals surface area (Å²) in [6.07, 6.45) is 2.05. The number of hydrogen-bond donors (Lipinski definition) is 2. The lowest BCUT2D eigenvalue weighted by molar-refractivity contribution is -0.149. The number of nitrogens with zero attached hydrogens (tertiary/aromatic N) is 2. The van der Waals surface area contributed by atoms with Crippen LogP contribution >= 0.6 is 0 Å². The Kier molecular flexibility index (Phi) is 4.51. The zero-order valence-corrected chi connectivity index (χ0v) is 10.7. The Hall–Kier alpha value is -1.89. The average Bonchev–Trinajstić information content (AvgIpc) is 2.86. The molecule has 1 saturated heterocycles. The molecule has 7 heteroatoms. The first-order valence-electron chi connectivity index (χ1n) is 6.27. The molecule has 1 aromatic heterocycles. The quantitative estimate of drug-likeness (QED) is 0.791. The maximum atomic E-state index is 10.8. The molecule has 104 valence electrons. The molecule has 0 spiro atoms. The van der Waals surface area contributed by atoms with E-state index in [1.165, 1.54) is 0 Å². The lowest BCUT2D eigenvalue weighted by Crippen LogP contribution is -2.25. The van der Waals surface area contributed by atoms with Gasteiger partial charge in [-0.2, -0.15) is 4.98 Å². The predicted octanol–water partition coefficient (Wildman–Crippen LogP) is 0.919. The van der Waals surface area contributed by atoms with E-state index in [1.54, 1.807) is 12.3 Å². The van der Waals surface area contributed by atoms with Gasteiger partial charge in [-0.05, 0) is 19.8 Å². The van der Waals surface area contributed by atoms with Gasteiger partial charge in [-0.15, -0.1) is 0 Å². The Morgan fingerprint density at radius 3 is 3.16 bits per heavy atom. The van der Waals surface area contributed by atoms with Crippen LogP contribution in [0.25, 0.3) is 0 Å². The number of hydrogen-bond acceptors (Lipinski definition) is 6. The van der Waals surface area contributed by atoms with Crippen LogP contribution in [0.3, 0.4) is 0 Å². The average molecular weight is 267 g/mol. The van der Waals surface area contributed by atoms with Gasteiger partial charge in [-0.3, -0.25) is 0 Å². The Bertz CT molecular complexity index is 441. The fourth-order valence-electron chi connectivity index (χ4n) is 1.90. The molecule has 2 heterocycles.